The highest BCUT2D eigenvalue weighted by Crippen LogP contribution is 2.23. The van der Waals surface area contributed by atoms with Crippen LogP contribution in [-0.2, 0) is 6.54 Å². The van der Waals surface area contributed by atoms with Crippen molar-refractivity contribution in [2.75, 3.05) is 5.32 Å². The van der Waals surface area contributed by atoms with E-state index in [4.69, 9.17) is 5.26 Å². The van der Waals surface area contributed by atoms with Gasteiger partial charge in [-0.2, -0.15) is 5.26 Å². The molecule has 2 aromatic rings. The smallest absolute Gasteiger partial charge is 0.129 e. The summed E-state index contributed by atoms with van der Waals surface area (Å²) >= 11 is 6.76. The van der Waals surface area contributed by atoms with E-state index in [-0.39, 0.29) is 0 Å². The first kappa shape index (κ1) is 14.9. The van der Waals surface area contributed by atoms with Gasteiger partial charge >= 0.3 is 0 Å². The van der Waals surface area contributed by atoms with Crippen molar-refractivity contribution in [3.8, 4) is 6.07 Å². The molecule has 6 heteroatoms. The zero-order valence-corrected chi connectivity index (χ0v) is 13.7. The highest BCUT2D eigenvalue weighted by Gasteiger charge is 2.08. The van der Waals surface area contributed by atoms with Crippen LogP contribution in [0.4, 0.5) is 10.1 Å². The van der Waals surface area contributed by atoms with Crippen LogP contribution in [0.3, 0.4) is 0 Å². The van der Waals surface area contributed by atoms with Crippen molar-refractivity contribution in [3.63, 3.8) is 0 Å². The first-order chi connectivity index (χ1) is 9.51. The summed E-state index contributed by atoms with van der Waals surface area (Å²) in [6.07, 6.45) is 1.70. The fourth-order valence-electron chi connectivity index (χ4n) is 1.68. The van der Waals surface area contributed by atoms with Crippen LogP contribution in [0.5, 0.6) is 0 Å². The Kier molecular flexibility index (Phi) is 4.73. The van der Waals surface area contributed by atoms with Gasteiger partial charge < -0.3 is 5.32 Å². The number of pyridine rings is 1. The predicted octanol–water partition coefficient (Wildman–Crippen LogP) is 4.54. The normalized spacial score (nSPS) is 10.2. The van der Waals surface area contributed by atoms with Crippen molar-refractivity contribution in [1.82, 2.24) is 4.98 Å². The maximum Gasteiger partial charge on any atom is 0.129 e. The molecule has 0 fully saturated rings. The summed E-state index contributed by atoms with van der Waals surface area (Å²) in [6.45, 7) is 2.10. The zero-order chi connectivity index (χ0) is 14.7. The Morgan fingerprint density at radius 2 is 2.10 bits per heavy atom. The summed E-state index contributed by atoms with van der Waals surface area (Å²) in [6, 6.07) is 6.69. The van der Waals surface area contributed by atoms with E-state index in [1.54, 1.807) is 19.2 Å². The molecule has 1 aromatic heterocycles. The second kappa shape index (κ2) is 6.33. The molecule has 0 radical (unpaired) electrons. The van der Waals surface area contributed by atoms with E-state index in [1.165, 1.54) is 6.07 Å². The van der Waals surface area contributed by atoms with Gasteiger partial charge in [-0.25, -0.2) is 4.39 Å². The summed E-state index contributed by atoms with van der Waals surface area (Å²) in [5.41, 5.74) is 2.17. The Labute approximate surface area is 133 Å². The topological polar surface area (TPSA) is 48.7 Å². The zero-order valence-electron chi connectivity index (χ0n) is 10.5. The minimum Gasteiger partial charge on any atom is -0.379 e. The van der Waals surface area contributed by atoms with Gasteiger partial charge in [0.25, 0.3) is 0 Å². The van der Waals surface area contributed by atoms with Gasteiger partial charge in [-0.3, -0.25) is 4.98 Å². The van der Waals surface area contributed by atoms with Crippen LogP contribution < -0.4 is 5.32 Å². The molecule has 0 aliphatic carbocycles. The van der Waals surface area contributed by atoms with Gasteiger partial charge in [-0.15, -0.1) is 0 Å². The van der Waals surface area contributed by atoms with Crippen molar-refractivity contribution in [2.24, 2.45) is 0 Å². The Balaban J connectivity index is 2.23. The minimum atomic E-state index is -0.394. The van der Waals surface area contributed by atoms with Crippen molar-refractivity contribution < 1.29 is 4.39 Å². The first-order valence-electron chi connectivity index (χ1n) is 5.75. The Morgan fingerprint density at radius 1 is 1.35 bits per heavy atom. The molecule has 0 amide bonds. The average molecular weight is 399 g/mol. The number of benzene rings is 1. The second-order valence-electron chi connectivity index (χ2n) is 4.18. The van der Waals surface area contributed by atoms with Gasteiger partial charge in [-0.1, -0.05) is 0 Å². The molecule has 0 bridgehead atoms. The molecule has 3 nitrogen and oxygen atoms in total. The number of nitrogens with zero attached hydrogens (tertiary/aromatic N) is 2. The molecule has 0 spiro atoms. The van der Waals surface area contributed by atoms with Crippen molar-refractivity contribution in [1.29, 1.82) is 5.26 Å². The van der Waals surface area contributed by atoms with Gasteiger partial charge in [0, 0.05) is 26.4 Å². The lowest BCUT2D eigenvalue weighted by Gasteiger charge is -2.11. The third-order valence-electron chi connectivity index (χ3n) is 2.80. The summed E-state index contributed by atoms with van der Waals surface area (Å²) in [7, 11) is 0. The van der Waals surface area contributed by atoms with Crippen LogP contribution in [0.25, 0.3) is 0 Å². The van der Waals surface area contributed by atoms with Crippen LogP contribution in [0.1, 0.15) is 16.8 Å². The number of nitriles is 1. The second-order valence-corrected chi connectivity index (χ2v) is 5.95. The maximum atomic E-state index is 13.7. The summed E-state index contributed by atoms with van der Waals surface area (Å²) in [5, 5.41) is 12.0. The minimum absolute atomic E-state index is 0.290. The van der Waals surface area contributed by atoms with Gasteiger partial charge in [0.05, 0.1) is 23.9 Å². The standard InChI is InChI=1S/C14H10Br2FN3/c1-8-12(17)2-9(5-18)3-13(8)20-7-14-11(16)4-10(15)6-19-14/h2-4,6,20H,7H2,1H3. The number of anilines is 1. The van der Waals surface area contributed by atoms with E-state index in [9.17, 15) is 4.39 Å². The molecule has 0 saturated carbocycles. The van der Waals surface area contributed by atoms with Crippen LogP contribution >= 0.6 is 31.9 Å². The van der Waals surface area contributed by atoms with E-state index in [0.29, 0.717) is 23.4 Å². The molecule has 1 aromatic carbocycles. The van der Waals surface area contributed by atoms with Gasteiger partial charge in [0.15, 0.2) is 0 Å². The summed E-state index contributed by atoms with van der Waals surface area (Å²) in [5.74, 6) is -0.394. The van der Waals surface area contributed by atoms with E-state index in [2.05, 4.69) is 42.2 Å². The van der Waals surface area contributed by atoms with E-state index in [0.717, 1.165) is 14.6 Å². The highest BCUT2D eigenvalue weighted by molar-refractivity contribution is 9.11. The SMILES string of the molecule is Cc1c(F)cc(C#N)cc1NCc1ncc(Br)cc1Br. The summed E-state index contributed by atoms with van der Waals surface area (Å²) in [4.78, 5) is 4.27. The molecule has 20 heavy (non-hydrogen) atoms. The first-order valence-corrected chi connectivity index (χ1v) is 7.34. The number of hydrogen-bond acceptors (Lipinski definition) is 3. The molecule has 0 aliphatic heterocycles. The predicted molar refractivity (Wildman–Crippen MR) is 82.8 cm³/mol. The number of rotatable bonds is 3. The third kappa shape index (κ3) is 3.35. The highest BCUT2D eigenvalue weighted by atomic mass is 79.9. The number of aromatic nitrogens is 1. The van der Waals surface area contributed by atoms with Crippen LogP contribution in [0.15, 0.2) is 33.3 Å². The van der Waals surface area contributed by atoms with Crippen LogP contribution in [0.2, 0.25) is 0 Å². The van der Waals surface area contributed by atoms with Gasteiger partial charge in [0.2, 0.25) is 0 Å². The average Bonchev–Trinajstić information content (AvgIpc) is 2.41. The van der Waals surface area contributed by atoms with Crippen LogP contribution in [-0.4, -0.2) is 4.98 Å². The van der Waals surface area contributed by atoms with E-state index in [1.807, 2.05) is 12.1 Å². The van der Waals surface area contributed by atoms with E-state index >= 15 is 0 Å². The number of nitrogens with one attached hydrogen (secondary N) is 1. The fourth-order valence-corrected chi connectivity index (χ4v) is 2.81. The molecule has 0 saturated heterocycles. The van der Waals surface area contributed by atoms with Crippen molar-refractivity contribution in [2.45, 2.75) is 13.5 Å². The Morgan fingerprint density at radius 3 is 2.75 bits per heavy atom. The molecular weight excluding hydrogens is 389 g/mol. The van der Waals surface area contributed by atoms with Crippen LogP contribution in [0, 0.1) is 24.1 Å². The maximum absolute atomic E-state index is 13.7. The fraction of sp³-hybridized carbons (Fsp3) is 0.143. The number of hydrogen-bond donors (Lipinski definition) is 1. The summed E-state index contributed by atoms with van der Waals surface area (Å²) < 4.78 is 15.4. The Bertz CT molecular complexity index is 696. The number of halogens is 3. The van der Waals surface area contributed by atoms with E-state index < -0.39 is 5.82 Å². The molecule has 0 aliphatic rings. The van der Waals surface area contributed by atoms with Gasteiger partial charge in [-0.05, 0) is 57.0 Å². The molecule has 0 atom stereocenters. The molecule has 102 valence electrons. The molecule has 1 N–H and O–H groups in total. The monoisotopic (exact) mass is 397 g/mol. The molecule has 1 heterocycles. The molecule has 0 unspecified atom stereocenters. The lowest BCUT2D eigenvalue weighted by atomic mass is 10.1. The Hall–Kier alpha value is -1.45. The third-order valence-corrected chi connectivity index (χ3v) is 3.92. The molecule has 2 rings (SSSR count). The van der Waals surface area contributed by atoms with Gasteiger partial charge in [0.1, 0.15) is 5.82 Å². The largest absolute Gasteiger partial charge is 0.379 e. The quantitative estimate of drug-likeness (QED) is 0.825. The van der Waals surface area contributed by atoms with Crippen molar-refractivity contribution >= 4 is 37.5 Å². The lowest BCUT2D eigenvalue weighted by Crippen LogP contribution is -2.05. The molecular formula is C14H10Br2FN3. The van der Waals surface area contributed by atoms with Crippen molar-refractivity contribution in [3.05, 3.63) is 56.0 Å². The lowest BCUT2D eigenvalue weighted by molar-refractivity contribution is 0.618.